The lowest BCUT2D eigenvalue weighted by atomic mass is 10.1. The van der Waals surface area contributed by atoms with Gasteiger partial charge in [0.2, 0.25) is 0 Å². The molecule has 3 heteroatoms. The van der Waals surface area contributed by atoms with E-state index in [1.165, 1.54) is 22.2 Å². The summed E-state index contributed by atoms with van der Waals surface area (Å²) in [7, 11) is 0. The molecule has 0 aromatic carbocycles. The fourth-order valence-electron chi connectivity index (χ4n) is 1.58. The largest absolute Gasteiger partial charge is 0.457 e. The van der Waals surface area contributed by atoms with Gasteiger partial charge in [-0.1, -0.05) is 45.0 Å². The van der Waals surface area contributed by atoms with Crippen LogP contribution in [0.4, 0.5) is 0 Å². The van der Waals surface area contributed by atoms with Gasteiger partial charge in [0.25, 0.3) is 0 Å². The molecule has 0 saturated carbocycles. The molecule has 0 amide bonds. The Balaban J connectivity index is 2.79. The van der Waals surface area contributed by atoms with E-state index < -0.39 is 0 Å². The average Bonchev–Trinajstić information content (AvgIpc) is 2.70. The molecule has 1 rings (SSSR count). The van der Waals surface area contributed by atoms with Crippen molar-refractivity contribution >= 4 is 28.9 Å². The van der Waals surface area contributed by atoms with Gasteiger partial charge in [-0.05, 0) is 24.3 Å². The topological polar surface area (TPSA) is 9.23 Å². The van der Waals surface area contributed by atoms with E-state index in [2.05, 4.69) is 45.5 Å². The van der Waals surface area contributed by atoms with Gasteiger partial charge in [-0.25, -0.2) is 0 Å². The number of rotatable bonds is 7. The Labute approximate surface area is 118 Å². The van der Waals surface area contributed by atoms with Crippen molar-refractivity contribution in [3.63, 3.8) is 0 Å². The molecule has 0 aliphatic rings. The summed E-state index contributed by atoms with van der Waals surface area (Å²) in [6.07, 6.45) is 0.974. The summed E-state index contributed by atoms with van der Waals surface area (Å²) in [5.74, 6) is 1.16. The normalized spacial score (nSPS) is 9.89. The van der Waals surface area contributed by atoms with E-state index in [0.717, 1.165) is 16.9 Å². The van der Waals surface area contributed by atoms with Gasteiger partial charge < -0.3 is 4.74 Å². The summed E-state index contributed by atoms with van der Waals surface area (Å²) in [5, 5.41) is 3.78. The predicted molar refractivity (Wildman–Crippen MR) is 84.6 cm³/mol. The van der Waals surface area contributed by atoms with Gasteiger partial charge in [0.15, 0.2) is 0 Å². The zero-order valence-electron chi connectivity index (χ0n) is 10.9. The van der Waals surface area contributed by atoms with Crippen LogP contribution in [-0.2, 0) is 11.2 Å². The van der Waals surface area contributed by atoms with Crippen LogP contribution in [0, 0.1) is 6.92 Å². The molecule has 0 fully saturated rings. The summed E-state index contributed by atoms with van der Waals surface area (Å²) >= 11 is 3.11. The fraction of sp³-hybridized carbons (Fsp3) is 0.200. The molecule has 0 aliphatic carbocycles. The van der Waals surface area contributed by atoms with Crippen molar-refractivity contribution in [1.29, 1.82) is 0 Å². The van der Waals surface area contributed by atoms with Crippen molar-refractivity contribution in [2.45, 2.75) is 20.3 Å². The van der Waals surface area contributed by atoms with Crippen LogP contribution in [0.5, 0.6) is 0 Å². The maximum absolute atomic E-state index is 5.66. The number of ether oxygens (including phenoxy) is 1. The van der Waals surface area contributed by atoms with Crippen LogP contribution in [0.15, 0.2) is 47.8 Å². The zero-order valence-corrected chi connectivity index (χ0v) is 12.5. The molecule has 1 aromatic heterocycles. The summed E-state index contributed by atoms with van der Waals surface area (Å²) in [5.41, 5.74) is 2.36. The molecule has 0 atom stereocenters. The first-order chi connectivity index (χ1) is 8.51. The lowest BCUT2D eigenvalue weighted by Crippen LogP contribution is -1.94. The highest BCUT2D eigenvalue weighted by Gasteiger charge is 2.12. The third-order valence-electron chi connectivity index (χ3n) is 2.54. The molecule has 0 radical (unpaired) electrons. The summed E-state index contributed by atoms with van der Waals surface area (Å²) in [6.45, 7) is 19.6. The van der Waals surface area contributed by atoms with Gasteiger partial charge in [-0.3, -0.25) is 0 Å². The first kappa shape index (κ1) is 14.9. The molecule has 0 saturated heterocycles. The number of thioether (sulfide) groups is 1. The van der Waals surface area contributed by atoms with Crippen molar-refractivity contribution in [3.05, 3.63) is 63.8 Å². The number of thiophene rings is 1. The highest BCUT2D eigenvalue weighted by Crippen LogP contribution is 2.31. The van der Waals surface area contributed by atoms with E-state index in [4.69, 9.17) is 4.74 Å². The molecule has 0 aliphatic heterocycles. The quantitative estimate of drug-likeness (QED) is 0.480. The van der Waals surface area contributed by atoms with Crippen LogP contribution in [-0.4, -0.2) is 0 Å². The molecule has 18 heavy (non-hydrogen) atoms. The van der Waals surface area contributed by atoms with Crippen LogP contribution < -0.4 is 0 Å². The van der Waals surface area contributed by atoms with Crippen molar-refractivity contribution in [3.8, 4) is 0 Å². The third kappa shape index (κ3) is 3.40. The number of aryl methyl sites for hydroxylation is 1. The first-order valence-electron chi connectivity index (χ1n) is 5.61. The van der Waals surface area contributed by atoms with Gasteiger partial charge in [-0.2, -0.15) is 0 Å². The lowest BCUT2D eigenvalue weighted by Gasteiger charge is -2.12. The van der Waals surface area contributed by atoms with Gasteiger partial charge in [0.05, 0.1) is 0 Å². The first-order valence-corrected chi connectivity index (χ1v) is 7.37. The van der Waals surface area contributed by atoms with Crippen LogP contribution in [0.3, 0.4) is 0 Å². The van der Waals surface area contributed by atoms with Gasteiger partial charge in [-0.15, -0.1) is 11.3 Å². The van der Waals surface area contributed by atoms with Crippen LogP contribution in [0.25, 0.3) is 5.76 Å². The van der Waals surface area contributed by atoms with Gasteiger partial charge >= 0.3 is 0 Å². The van der Waals surface area contributed by atoms with Crippen molar-refractivity contribution in [2.24, 2.45) is 0 Å². The Morgan fingerprint density at radius 1 is 1.44 bits per heavy atom. The van der Waals surface area contributed by atoms with E-state index in [1.54, 1.807) is 16.7 Å². The molecule has 1 nitrogen and oxygen atoms in total. The SMILES string of the molecule is C=CSC(=C)C(=C)OC(=C)c1csc(C)c1CC. The van der Waals surface area contributed by atoms with Crippen LogP contribution in [0.1, 0.15) is 22.9 Å². The molecule has 96 valence electrons. The summed E-state index contributed by atoms with van der Waals surface area (Å²) in [4.78, 5) is 2.05. The molecule has 0 bridgehead atoms. The Morgan fingerprint density at radius 3 is 2.67 bits per heavy atom. The Morgan fingerprint density at radius 2 is 2.11 bits per heavy atom. The highest BCUT2D eigenvalue weighted by molar-refractivity contribution is 8.06. The monoisotopic (exact) mass is 278 g/mol. The van der Waals surface area contributed by atoms with Crippen molar-refractivity contribution < 1.29 is 4.74 Å². The van der Waals surface area contributed by atoms with E-state index in [0.29, 0.717) is 11.5 Å². The number of hydrogen-bond acceptors (Lipinski definition) is 3. The van der Waals surface area contributed by atoms with E-state index in [9.17, 15) is 0 Å². The Kier molecular flexibility index (Phi) is 5.51. The molecular weight excluding hydrogens is 260 g/mol. The molecule has 0 N–H and O–H groups in total. The van der Waals surface area contributed by atoms with E-state index in [-0.39, 0.29) is 0 Å². The molecule has 0 unspecified atom stereocenters. The second-order valence-electron chi connectivity index (χ2n) is 3.69. The van der Waals surface area contributed by atoms with Crippen molar-refractivity contribution in [2.75, 3.05) is 0 Å². The summed E-state index contributed by atoms with van der Waals surface area (Å²) < 4.78 is 5.66. The lowest BCUT2D eigenvalue weighted by molar-refractivity contribution is 0.402. The standard InChI is InChI=1S/C15H18OS2/c1-7-14-13(6)18-9-15(14)11(4)16-10(3)12(5)17-8-2/h8-9H,2-5,7H2,1,6H3. The predicted octanol–water partition coefficient (Wildman–Crippen LogP) is 5.51. The van der Waals surface area contributed by atoms with Crippen LogP contribution >= 0.6 is 23.1 Å². The smallest absolute Gasteiger partial charge is 0.133 e. The Hall–Kier alpha value is -1.19. The second kappa shape index (κ2) is 6.66. The minimum atomic E-state index is 0.524. The highest BCUT2D eigenvalue weighted by atomic mass is 32.2. The van der Waals surface area contributed by atoms with Gasteiger partial charge in [0, 0.05) is 20.7 Å². The minimum Gasteiger partial charge on any atom is -0.457 e. The van der Waals surface area contributed by atoms with Gasteiger partial charge in [0.1, 0.15) is 11.5 Å². The average molecular weight is 278 g/mol. The maximum Gasteiger partial charge on any atom is 0.133 e. The molecule has 1 aromatic rings. The minimum absolute atomic E-state index is 0.524. The van der Waals surface area contributed by atoms with Crippen LogP contribution in [0.2, 0.25) is 0 Å². The Bertz CT molecular complexity index is 495. The van der Waals surface area contributed by atoms with E-state index >= 15 is 0 Å². The summed E-state index contributed by atoms with van der Waals surface area (Å²) in [6, 6.07) is 0. The second-order valence-corrected chi connectivity index (χ2v) is 5.84. The molecule has 0 spiro atoms. The zero-order chi connectivity index (χ0) is 13.7. The van der Waals surface area contributed by atoms with E-state index in [1.807, 2.05) is 0 Å². The fourth-order valence-corrected chi connectivity index (χ4v) is 2.92. The molecule has 1 heterocycles. The third-order valence-corrected chi connectivity index (χ3v) is 4.17. The maximum atomic E-state index is 5.66. The van der Waals surface area contributed by atoms with Crippen molar-refractivity contribution in [1.82, 2.24) is 0 Å². The number of hydrogen-bond donors (Lipinski definition) is 0. The molecular formula is C15H18OS2.